The number of fused-ring (bicyclic) bond motifs is 3. The molecule has 0 saturated heterocycles. The Morgan fingerprint density at radius 2 is 1.74 bits per heavy atom. The number of hydrogen-bond donors (Lipinski definition) is 2. The minimum Gasteiger partial charge on any atom is -0.459 e. The van der Waals surface area contributed by atoms with Gasteiger partial charge in [-0.1, -0.05) is 67.4 Å². The Morgan fingerprint density at radius 3 is 2.46 bits per heavy atom. The number of aliphatic hydroxyl groups is 2. The minimum atomic E-state index is -1.32. The van der Waals surface area contributed by atoms with Gasteiger partial charge >= 0.3 is 6.09 Å². The Balaban J connectivity index is 1.57. The third kappa shape index (κ3) is 8.02. The summed E-state index contributed by atoms with van der Waals surface area (Å²) in [7, 11) is 1.40. The predicted molar refractivity (Wildman–Crippen MR) is 210 cm³/mol. The Hall–Kier alpha value is -4.38. The maximum Gasteiger partial charge on any atom is 0.409 e. The number of nitrogens with zero attached hydrogens (tertiary/aromatic N) is 2. The molecule has 3 aromatic carbocycles. The van der Waals surface area contributed by atoms with Crippen LogP contribution >= 0.6 is 0 Å². The van der Waals surface area contributed by atoms with Crippen molar-refractivity contribution in [3.63, 3.8) is 0 Å². The van der Waals surface area contributed by atoms with Crippen molar-refractivity contribution in [2.75, 3.05) is 40.1 Å². The fourth-order valence-electron chi connectivity index (χ4n) is 8.95. The van der Waals surface area contributed by atoms with E-state index in [9.17, 15) is 15.0 Å². The van der Waals surface area contributed by atoms with Gasteiger partial charge in [-0.2, -0.15) is 0 Å². The zero-order valence-corrected chi connectivity index (χ0v) is 32.0. The van der Waals surface area contributed by atoms with E-state index in [1.54, 1.807) is 11.0 Å². The van der Waals surface area contributed by atoms with E-state index in [2.05, 4.69) is 36.9 Å². The normalized spacial score (nSPS) is 24.9. The lowest BCUT2D eigenvalue weighted by Crippen LogP contribution is -2.70. The highest BCUT2D eigenvalue weighted by Crippen LogP contribution is 2.62. The van der Waals surface area contributed by atoms with Gasteiger partial charge in [0, 0.05) is 37.7 Å². The number of benzene rings is 3. The van der Waals surface area contributed by atoms with Crippen LogP contribution < -0.4 is 9.47 Å². The highest BCUT2D eigenvalue weighted by Gasteiger charge is 2.65. The predicted octanol–water partition coefficient (Wildman–Crippen LogP) is 8.76. The molecule has 290 valence electrons. The van der Waals surface area contributed by atoms with Crippen molar-refractivity contribution in [3.8, 4) is 17.2 Å². The standard InChI is InChI=1S/C44H56N2O8/c1-5-22-46(43(49)50-4)40-29-38(45-52-7-3)36-27-32(16-10-12-23-47)35(17-11-13-24-48)41-37-28-34(53-33-19-18-30-14-8-9-15-31(30)26-33)20-21-39(37)54-44(40,42(36)41)51-25-6-2/h6,8-9,14-15,18-21,26-28,32,35,40-42,47-48H,2,5,7,10-13,16-17,22-25,29H2,1,3-4H3/t32-,35+,40-,41+,42+,44+/m0/s1. The van der Waals surface area contributed by atoms with Crippen LogP contribution in [0.25, 0.3) is 10.8 Å². The number of hydrogen-bond acceptors (Lipinski definition) is 9. The lowest BCUT2D eigenvalue weighted by atomic mass is 9.55. The van der Waals surface area contributed by atoms with E-state index in [0.29, 0.717) is 50.3 Å². The lowest BCUT2D eigenvalue weighted by Gasteiger charge is -2.59. The maximum atomic E-state index is 13.7. The third-order valence-corrected chi connectivity index (χ3v) is 11.2. The summed E-state index contributed by atoms with van der Waals surface area (Å²) in [6.45, 7) is 9.19. The van der Waals surface area contributed by atoms with Crippen LogP contribution in [-0.2, 0) is 14.3 Å². The van der Waals surface area contributed by atoms with Gasteiger partial charge < -0.3 is 34.0 Å². The van der Waals surface area contributed by atoms with Gasteiger partial charge in [-0.25, -0.2) is 4.79 Å². The van der Waals surface area contributed by atoms with Gasteiger partial charge in [0.05, 0.1) is 25.3 Å². The highest BCUT2D eigenvalue weighted by molar-refractivity contribution is 6.03. The molecule has 54 heavy (non-hydrogen) atoms. The second-order valence-corrected chi connectivity index (χ2v) is 14.5. The van der Waals surface area contributed by atoms with Crippen LogP contribution in [0.4, 0.5) is 4.79 Å². The first-order valence-electron chi connectivity index (χ1n) is 19.6. The van der Waals surface area contributed by atoms with Gasteiger partial charge in [-0.3, -0.25) is 4.90 Å². The highest BCUT2D eigenvalue weighted by atomic mass is 16.7. The van der Waals surface area contributed by atoms with E-state index in [1.165, 1.54) is 7.11 Å². The monoisotopic (exact) mass is 740 g/mol. The summed E-state index contributed by atoms with van der Waals surface area (Å²) >= 11 is 0. The molecule has 1 aliphatic heterocycles. The zero-order valence-electron chi connectivity index (χ0n) is 32.0. The van der Waals surface area contributed by atoms with E-state index < -0.39 is 23.8 Å². The van der Waals surface area contributed by atoms with Crippen LogP contribution in [0.15, 0.2) is 90.1 Å². The minimum absolute atomic E-state index is 0.110. The van der Waals surface area contributed by atoms with Crippen molar-refractivity contribution in [1.82, 2.24) is 4.90 Å². The van der Waals surface area contributed by atoms with Crippen LogP contribution in [0.1, 0.15) is 76.7 Å². The van der Waals surface area contributed by atoms with Crippen LogP contribution in [0.3, 0.4) is 0 Å². The van der Waals surface area contributed by atoms with E-state index in [4.69, 9.17) is 28.9 Å². The van der Waals surface area contributed by atoms with Gasteiger partial charge in [-0.15, -0.1) is 6.58 Å². The molecule has 3 aliphatic rings. The molecule has 2 aliphatic carbocycles. The van der Waals surface area contributed by atoms with Crippen molar-refractivity contribution in [2.24, 2.45) is 22.9 Å². The molecular formula is C44H56N2O8. The first-order chi connectivity index (χ1) is 26.4. The molecule has 6 rings (SSSR count). The number of methoxy groups -OCH3 is 1. The lowest BCUT2D eigenvalue weighted by molar-refractivity contribution is -0.255. The average Bonchev–Trinajstić information content (AvgIpc) is 3.19. The Morgan fingerprint density at radius 1 is 1.00 bits per heavy atom. The molecule has 1 saturated carbocycles. The first-order valence-corrected chi connectivity index (χ1v) is 19.6. The quantitative estimate of drug-likeness (QED) is 0.0755. The van der Waals surface area contributed by atoms with E-state index in [0.717, 1.165) is 59.1 Å². The molecule has 1 heterocycles. The molecular weight excluding hydrogens is 684 g/mol. The number of rotatable bonds is 18. The smallest absolute Gasteiger partial charge is 0.409 e. The largest absolute Gasteiger partial charge is 0.459 e. The Labute approximate surface area is 319 Å². The van der Waals surface area contributed by atoms with E-state index in [-0.39, 0.29) is 37.6 Å². The van der Waals surface area contributed by atoms with Gasteiger partial charge in [0.2, 0.25) is 5.79 Å². The molecule has 10 nitrogen and oxygen atoms in total. The topological polar surface area (TPSA) is 119 Å². The number of oxime groups is 1. The summed E-state index contributed by atoms with van der Waals surface area (Å²) < 4.78 is 26.2. The molecule has 0 bridgehead atoms. The van der Waals surface area contributed by atoms with Crippen molar-refractivity contribution >= 4 is 22.6 Å². The molecule has 10 heteroatoms. The number of unbranched alkanes of at least 4 members (excludes halogenated alkanes) is 2. The molecule has 6 atom stereocenters. The number of aliphatic hydroxyl groups excluding tert-OH is 2. The number of carbonyl (C=O) groups is 1. The van der Waals surface area contributed by atoms with Crippen LogP contribution in [0.5, 0.6) is 17.2 Å². The van der Waals surface area contributed by atoms with E-state index in [1.807, 2.05) is 50.2 Å². The number of ether oxygens (including phenoxy) is 4. The SMILES string of the molecule is C=CCO[C@@]12Oc3ccc(Oc4ccc5ccccc5c4)cc3[C@H]3[C@H](CCCCO)[C@@H](CCCCO)C=C(C(=NOCC)C[C@@H]1N(CCC)C(=O)OC)[C@H]32. The Kier molecular flexibility index (Phi) is 13.3. The fraction of sp³-hybridized carbons (Fsp3) is 0.500. The van der Waals surface area contributed by atoms with Gasteiger partial charge in [0.25, 0.3) is 0 Å². The van der Waals surface area contributed by atoms with Gasteiger partial charge in [-0.05, 0) is 97.5 Å². The summed E-state index contributed by atoms with van der Waals surface area (Å²) in [6, 6.07) is 19.7. The van der Waals surface area contributed by atoms with Crippen molar-refractivity contribution in [2.45, 2.75) is 83.0 Å². The number of allylic oxidation sites excluding steroid dienone is 1. The zero-order chi connectivity index (χ0) is 38.1. The molecule has 0 radical (unpaired) electrons. The number of carbonyl (C=O) groups excluding carboxylic acids is 1. The Bertz CT molecular complexity index is 1810. The van der Waals surface area contributed by atoms with Crippen LogP contribution in [0.2, 0.25) is 0 Å². The summed E-state index contributed by atoms with van der Waals surface area (Å²) in [5.74, 6) is 0.477. The second kappa shape index (κ2) is 18.3. The molecule has 1 fully saturated rings. The molecule has 0 unspecified atom stereocenters. The van der Waals surface area contributed by atoms with Crippen molar-refractivity contribution < 1.29 is 38.8 Å². The summed E-state index contributed by atoms with van der Waals surface area (Å²) in [6.07, 6.45) is 9.43. The summed E-state index contributed by atoms with van der Waals surface area (Å²) in [5.41, 5.74) is 2.75. The fourth-order valence-corrected chi connectivity index (χ4v) is 8.95. The average molecular weight is 741 g/mol. The molecule has 0 aromatic heterocycles. The maximum absolute atomic E-state index is 13.7. The first kappa shape index (κ1) is 39.3. The van der Waals surface area contributed by atoms with Crippen molar-refractivity contribution in [3.05, 3.63) is 90.5 Å². The molecule has 0 spiro atoms. The number of amides is 1. The molecule has 2 N–H and O–H groups in total. The molecule has 1 amide bonds. The van der Waals surface area contributed by atoms with Crippen molar-refractivity contribution in [1.29, 1.82) is 0 Å². The second-order valence-electron chi connectivity index (χ2n) is 14.5. The van der Waals surface area contributed by atoms with Gasteiger partial charge in [0.1, 0.15) is 29.9 Å². The van der Waals surface area contributed by atoms with E-state index >= 15 is 0 Å². The third-order valence-electron chi connectivity index (χ3n) is 11.2. The summed E-state index contributed by atoms with van der Waals surface area (Å²) in [4.78, 5) is 21.2. The van der Waals surface area contributed by atoms with Crippen LogP contribution in [0, 0.1) is 17.8 Å². The summed E-state index contributed by atoms with van der Waals surface area (Å²) in [5, 5.41) is 26.6. The molecule has 3 aromatic rings. The van der Waals surface area contributed by atoms with Gasteiger partial charge in [0.15, 0.2) is 0 Å². The van der Waals surface area contributed by atoms with Crippen LogP contribution in [-0.4, -0.2) is 78.8 Å².